The number of carbonyl (C=O) groups excluding carboxylic acids is 1. The maximum atomic E-state index is 13.3. The first-order chi connectivity index (χ1) is 14.9. The summed E-state index contributed by atoms with van der Waals surface area (Å²) >= 11 is 13.7. The van der Waals surface area contributed by atoms with Crippen molar-refractivity contribution < 1.29 is 14.7 Å². The van der Waals surface area contributed by atoms with Gasteiger partial charge in [0.2, 0.25) is 0 Å². The maximum Gasteiger partial charge on any atom is 0.335 e. The summed E-state index contributed by atoms with van der Waals surface area (Å²) in [7, 11) is 0. The average Bonchev–Trinajstić information content (AvgIpc) is 3.06. The fourth-order valence-electron chi connectivity index (χ4n) is 2.95. The van der Waals surface area contributed by atoms with Gasteiger partial charge in [-0.1, -0.05) is 53.5 Å². The molecule has 1 heterocycles. The number of rotatable bonds is 4. The highest BCUT2D eigenvalue weighted by Gasteiger charge is 2.35. The number of hydrogen-bond acceptors (Lipinski definition) is 4. The number of aromatic carboxylic acids is 1. The number of carbonyl (C=O) groups is 2. The lowest BCUT2D eigenvalue weighted by Crippen LogP contribution is -2.28. The summed E-state index contributed by atoms with van der Waals surface area (Å²) in [6, 6.07) is 20.5. The average molecular weight is 469 g/mol. The van der Waals surface area contributed by atoms with E-state index in [4.69, 9.17) is 23.2 Å². The topological polar surface area (TPSA) is 70.0 Å². The van der Waals surface area contributed by atoms with Crippen molar-refractivity contribution in [1.82, 2.24) is 0 Å². The Balaban J connectivity index is 1.81. The van der Waals surface area contributed by atoms with Gasteiger partial charge in [0.05, 0.1) is 21.8 Å². The molecular formula is C23H14Cl2N2O3S. The largest absolute Gasteiger partial charge is 0.478 e. The fraction of sp³-hybridized carbons (Fsp3) is 0. The van der Waals surface area contributed by atoms with Crippen molar-refractivity contribution in [3.63, 3.8) is 0 Å². The van der Waals surface area contributed by atoms with Crippen molar-refractivity contribution in [2.24, 2.45) is 4.99 Å². The second-order valence-corrected chi connectivity index (χ2v) is 8.30. The molecule has 3 aromatic carbocycles. The molecule has 0 aromatic heterocycles. The smallest absolute Gasteiger partial charge is 0.335 e. The number of hydrogen-bond donors (Lipinski definition) is 1. The van der Waals surface area contributed by atoms with Crippen LogP contribution in [0.2, 0.25) is 10.0 Å². The molecule has 1 fully saturated rings. The van der Waals surface area contributed by atoms with Crippen LogP contribution < -0.4 is 4.90 Å². The molecule has 0 unspecified atom stereocenters. The molecule has 0 radical (unpaired) electrons. The minimum atomic E-state index is -1.05. The molecule has 5 nitrogen and oxygen atoms in total. The summed E-state index contributed by atoms with van der Waals surface area (Å²) in [5, 5.41) is 10.5. The standard InChI is InChI=1S/C23H14Cl2N2O3S/c24-18-10-5-11-19(25)17(18)13-20-21(28)27(16-8-2-1-3-9-16)23(31-20)26-15-7-4-6-14(12-15)22(29)30/h1-13H,(H,29,30)/b20-13-,26-23?. The quantitative estimate of drug-likeness (QED) is 0.443. The lowest BCUT2D eigenvalue weighted by atomic mass is 10.2. The van der Waals surface area contributed by atoms with Gasteiger partial charge in [0.25, 0.3) is 5.91 Å². The molecule has 1 N–H and O–H groups in total. The minimum absolute atomic E-state index is 0.112. The van der Waals surface area contributed by atoms with E-state index in [0.717, 1.165) is 0 Å². The van der Waals surface area contributed by atoms with E-state index < -0.39 is 5.97 Å². The second-order valence-electron chi connectivity index (χ2n) is 6.47. The van der Waals surface area contributed by atoms with Crippen LogP contribution in [0.5, 0.6) is 0 Å². The van der Waals surface area contributed by atoms with Gasteiger partial charge in [-0.25, -0.2) is 9.79 Å². The van der Waals surface area contributed by atoms with Crippen LogP contribution in [0.3, 0.4) is 0 Å². The monoisotopic (exact) mass is 468 g/mol. The summed E-state index contributed by atoms with van der Waals surface area (Å²) in [5.74, 6) is -1.33. The van der Waals surface area contributed by atoms with Gasteiger partial charge in [0.1, 0.15) is 0 Å². The van der Waals surface area contributed by atoms with E-state index in [1.807, 2.05) is 18.2 Å². The number of aliphatic imine (C=N–C) groups is 1. The molecule has 4 rings (SSSR count). The van der Waals surface area contributed by atoms with E-state index >= 15 is 0 Å². The Labute approximate surface area is 192 Å². The molecule has 1 saturated heterocycles. The van der Waals surface area contributed by atoms with E-state index in [0.29, 0.717) is 37.1 Å². The third-order valence-electron chi connectivity index (χ3n) is 4.41. The second kappa shape index (κ2) is 8.98. The number of anilines is 1. The van der Waals surface area contributed by atoms with Crippen molar-refractivity contribution in [1.29, 1.82) is 0 Å². The zero-order chi connectivity index (χ0) is 22.0. The first-order valence-corrected chi connectivity index (χ1v) is 10.7. The molecule has 3 aromatic rings. The van der Waals surface area contributed by atoms with Gasteiger partial charge >= 0.3 is 5.97 Å². The van der Waals surface area contributed by atoms with Crippen LogP contribution in [0.25, 0.3) is 6.08 Å². The highest BCUT2D eigenvalue weighted by Crippen LogP contribution is 2.39. The Morgan fingerprint density at radius 1 is 0.968 bits per heavy atom. The van der Waals surface area contributed by atoms with E-state index in [-0.39, 0.29) is 11.5 Å². The molecule has 154 valence electrons. The number of amides is 1. The predicted molar refractivity (Wildman–Crippen MR) is 126 cm³/mol. The van der Waals surface area contributed by atoms with Crippen molar-refractivity contribution in [3.05, 3.63) is 98.9 Å². The van der Waals surface area contributed by atoms with Crippen LogP contribution in [-0.4, -0.2) is 22.2 Å². The van der Waals surface area contributed by atoms with Gasteiger partial charge in [-0.2, -0.15) is 0 Å². The minimum Gasteiger partial charge on any atom is -0.478 e. The molecule has 0 bridgehead atoms. The fourth-order valence-corrected chi connectivity index (χ4v) is 4.44. The van der Waals surface area contributed by atoms with Gasteiger partial charge in [-0.15, -0.1) is 0 Å². The van der Waals surface area contributed by atoms with Crippen LogP contribution in [-0.2, 0) is 4.79 Å². The Bertz CT molecular complexity index is 1220. The molecule has 1 aliphatic heterocycles. The van der Waals surface area contributed by atoms with Crippen LogP contribution in [0.4, 0.5) is 11.4 Å². The zero-order valence-corrected chi connectivity index (χ0v) is 18.2. The third kappa shape index (κ3) is 4.51. The summed E-state index contributed by atoms with van der Waals surface area (Å²) in [6.07, 6.45) is 1.64. The predicted octanol–water partition coefficient (Wildman–Crippen LogP) is 6.50. The number of nitrogens with zero attached hydrogens (tertiary/aromatic N) is 2. The van der Waals surface area contributed by atoms with Crippen LogP contribution in [0, 0.1) is 0 Å². The molecule has 1 aliphatic rings. The molecular weight excluding hydrogens is 455 g/mol. The Kier molecular flexibility index (Phi) is 6.13. The summed E-state index contributed by atoms with van der Waals surface area (Å²) in [4.78, 5) is 31.0. The number of carboxylic acid groups (broad SMARTS) is 1. The number of thioether (sulfide) groups is 1. The van der Waals surface area contributed by atoms with Gasteiger partial charge in [-0.3, -0.25) is 9.69 Å². The molecule has 8 heteroatoms. The SMILES string of the molecule is O=C(O)c1cccc(N=C2S/C(=C\c3c(Cl)cccc3Cl)C(=O)N2c2ccccc2)c1. The molecule has 0 spiro atoms. The Morgan fingerprint density at radius 3 is 2.32 bits per heavy atom. The van der Waals surface area contributed by atoms with E-state index in [2.05, 4.69) is 4.99 Å². The normalized spacial score (nSPS) is 16.3. The number of para-hydroxylation sites is 1. The van der Waals surface area contributed by atoms with E-state index in [1.54, 1.807) is 48.5 Å². The molecule has 0 saturated carbocycles. The summed E-state index contributed by atoms with van der Waals surface area (Å²) in [6.45, 7) is 0. The molecule has 0 atom stereocenters. The van der Waals surface area contributed by atoms with Gasteiger partial charge < -0.3 is 5.11 Å². The zero-order valence-electron chi connectivity index (χ0n) is 15.8. The molecule has 31 heavy (non-hydrogen) atoms. The lowest BCUT2D eigenvalue weighted by molar-refractivity contribution is -0.113. The lowest BCUT2D eigenvalue weighted by Gasteiger charge is -2.15. The highest BCUT2D eigenvalue weighted by molar-refractivity contribution is 8.19. The van der Waals surface area contributed by atoms with E-state index in [9.17, 15) is 14.7 Å². The van der Waals surface area contributed by atoms with Crippen molar-refractivity contribution in [2.45, 2.75) is 0 Å². The van der Waals surface area contributed by atoms with Gasteiger partial charge in [0, 0.05) is 15.6 Å². The van der Waals surface area contributed by atoms with Crippen LogP contribution in [0.1, 0.15) is 15.9 Å². The summed E-state index contributed by atoms with van der Waals surface area (Å²) < 4.78 is 0. The van der Waals surface area contributed by atoms with Gasteiger partial charge in [0.15, 0.2) is 5.17 Å². The van der Waals surface area contributed by atoms with Crippen molar-refractivity contribution in [2.75, 3.05) is 4.90 Å². The number of carboxylic acids is 1. The molecule has 0 aliphatic carbocycles. The Morgan fingerprint density at radius 2 is 1.65 bits per heavy atom. The first-order valence-electron chi connectivity index (χ1n) is 9.09. The van der Waals surface area contributed by atoms with Crippen molar-refractivity contribution in [3.8, 4) is 0 Å². The van der Waals surface area contributed by atoms with Crippen molar-refractivity contribution >= 4 is 69.5 Å². The van der Waals surface area contributed by atoms with E-state index in [1.165, 1.54) is 28.8 Å². The van der Waals surface area contributed by atoms with Crippen LogP contribution in [0.15, 0.2) is 82.7 Å². The summed E-state index contributed by atoms with van der Waals surface area (Å²) in [5.41, 5.74) is 1.72. The first kappa shape index (κ1) is 21.2. The molecule has 1 amide bonds. The number of benzene rings is 3. The number of halogens is 2. The maximum absolute atomic E-state index is 13.3. The highest BCUT2D eigenvalue weighted by atomic mass is 35.5. The number of amidine groups is 1. The van der Waals surface area contributed by atoms with Crippen LogP contribution >= 0.6 is 35.0 Å². The third-order valence-corrected chi connectivity index (χ3v) is 6.04. The Hall–Kier alpha value is -3.06. The van der Waals surface area contributed by atoms with Gasteiger partial charge in [-0.05, 0) is 60.3 Å².